The number of carbonyl (C=O) groups excluding carboxylic acids is 1. The van der Waals surface area contributed by atoms with E-state index in [-0.39, 0.29) is 46.9 Å². The number of hydrogen-bond donors (Lipinski definition) is 2. The first-order valence-corrected chi connectivity index (χ1v) is 13.8. The van der Waals surface area contributed by atoms with E-state index in [2.05, 4.69) is 15.2 Å². The second-order valence-electron chi connectivity index (χ2n) is 10.3. The Morgan fingerprint density at radius 1 is 1.28 bits per heavy atom. The van der Waals surface area contributed by atoms with Crippen LogP contribution >= 0.6 is 0 Å². The molecule has 1 aromatic carbocycles. The Labute approximate surface area is 206 Å². The maximum absolute atomic E-state index is 14.9. The summed E-state index contributed by atoms with van der Waals surface area (Å²) in [5, 5.41) is 18.1. The maximum Gasteiger partial charge on any atom is 0.387 e. The molecular formula is C24H28F3N3O5S. The van der Waals surface area contributed by atoms with E-state index in [0.29, 0.717) is 36.9 Å². The van der Waals surface area contributed by atoms with E-state index in [9.17, 15) is 31.5 Å². The van der Waals surface area contributed by atoms with E-state index < -0.39 is 39.8 Å². The van der Waals surface area contributed by atoms with Gasteiger partial charge in [0.2, 0.25) is 5.91 Å². The third-order valence-corrected chi connectivity index (χ3v) is 9.50. The highest BCUT2D eigenvalue weighted by Gasteiger charge is 2.47. The summed E-state index contributed by atoms with van der Waals surface area (Å²) in [7, 11) is -3.13. The quantitative estimate of drug-likeness (QED) is 0.598. The minimum atomic E-state index is -3.13. The van der Waals surface area contributed by atoms with Crippen molar-refractivity contribution in [2.24, 2.45) is 5.92 Å². The van der Waals surface area contributed by atoms with Crippen LogP contribution in [0.4, 0.5) is 13.2 Å². The fourth-order valence-electron chi connectivity index (χ4n) is 5.82. The first-order valence-electron chi connectivity index (χ1n) is 12.0. The zero-order valence-corrected chi connectivity index (χ0v) is 20.5. The Morgan fingerprint density at radius 2 is 2.03 bits per heavy atom. The van der Waals surface area contributed by atoms with Crippen molar-refractivity contribution in [1.82, 2.24) is 15.1 Å². The van der Waals surface area contributed by atoms with Crippen molar-refractivity contribution in [2.45, 2.75) is 69.7 Å². The van der Waals surface area contributed by atoms with Crippen molar-refractivity contribution < 1.29 is 36.2 Å². The average Bonchev–Trinajstić information content (AvgIpc) is 3.35. The van der Waals surface area contributed by atoms with Crippen LogP contribution < -0.4 is 10.1 Å². The molecule has 5 rings (SSSR count). The highest BCUT2D eigenvalue weighted by atomic mass is 32.2. The Hall–Kier alpha value is -2.60. The molecule has 0 unspecified atom stereocenters. The summed E-state index contributed by atoms with van der Waals surface area (Å²) < 4.78 is 69.8. The summed E-state index contributed by atoms with van der Waals surface area (Å²) in [6.45, 7) is -1.36. The lowest BCUT2D eigenvalue weighted by Crippen LogP contribution is -2.64. The second-order valence-corrected chi connectivity index (χ2v) is 12.4. The van der Waals surface area contributed by atoms with Gasteiger partial charge in [-0.3, -0.25) is 9.48 Å². The number of rotatable bonds is 6. The van der Waals surface area contributed by atoms with Gasteiger partial charge in [-0.05, 0) is 57.2 Å². The van der Waals surface area contributed by atoms with E-state index >= 15 is 0 Å². The lowest BCUT2D eigenvalue weighted by atomic mass is 9.84. The van der Waals surface area contributed by atoms with Crippen LogP contribution in [0.5, 0.6) is 5.75 Å². The molecule has 0 bridgehead atoms. The van der Waals surface area contributed by atoms with Gasteiger partial charge in [0.25, 0.3) is 0 Å². The van der Waals surface area contributed by atoms with Crippen LogP contribution in [0.25, 0.3) is 11.3 Å². The Balaban J connectivity index is 1.48. The molecule has 1 saturated carbocycles. The third kappa shape index (κ3) is 4.72. The highest BCUT2D eigenvalue weighted by molar-refractivity contribution is 7.93. The van der Waals surface area contributed by atoms with Gasteiger partial charge in [0.1, 0.15) is 11.6 Å². The number of carbonyl (C=O) groups is 1. The standard InChI is InChI=1S/C24H28F3N3O5S/c1-24(11-36(33,34)12-24)28-22(32)13-5-7-15-19(9-13)30(18-3-2-4-20(18)31)29-21(15)16-10-14(35-23(26)27)6-8-17(16)25/h6,8,10,13,18,20,23,31H,2-5,7,9,11-12H2,1H3,(H,28,32)/t13-,18+,20+/m1/s1. The summed E-state index contributed by atoms with van der Waals surface area (Å²) in [4.78, 5) is 13.1. The zero-order valence-electron chi connectivity index (χ0n) is 19.7. The molecule has 1 aromatic heterocycles. The van der Waals surface area contributed by atoms with Gasteiger partial charge in [-0.1, -0.05) is 0 Å². The molecule has 2 aliphatic carbocycles. The molecule has 1 saturated heterocycles. The molecule has 196 valence electrons. The molecule has 2 heterocycles. The molecule has 2 fully saturated rings. The molecule has 1 amide bonds. The number of halogens is 3. The number of fused-ring (bicyclic) bond motifs is 1. The smallest absolute Gasteiger partial charge is 0.387 e. The molecule has 0 radical (unpaired) electrons. The molecule has 3 atom stereocenters. The SMILES string of the molecule is CC1(NC(=O)[C@@H]2CCc3c(-c4cc(OC(F)F)ccc4F)nn([C@H]4CCC[C@@H]4O)c3C2)CS(=O)(=O)C1. The van der Waals surface area contributed by atoms with Gasteiger partial charge >= 0.3 is 6.61 Å². The predicted octanol–water partition coefficient (Wildman–Crippen LogP) is 2.78. The first kappa shape index (κ1) is 25.1. The Kier molecular flexibility index (Phi) is 6.30. The van der Waals surface area contributed by atoms with E-state index in [1.54, 1.807) is 11.6 Å². The number of amides is 1. The first-order chi connectivity index (χ1) is 16.9. The minimum absolute atomic E-state index is 0.0192. The largest absolute Gasteiger partial charge is 0.435 e. The third-order valence-electron chi connectivity index (χ3n) is 7.35. The molecule has 3 aliphatic rings. The van der Waals surface area contributed by atoms with Crippen LogP contribution in [0.2, 0.25) is 0 Å². The van der Waals surface area contributed by atoms with E-state index in [1.807, 2.05) is 0 Å². The number of aromatic nitrogens is 2. The van der Waals surface area contributed by atoms with Crippen LogP contribution in [0.1, 0.15) is 49.9 Å². The monoisotopic (exact) mass is 527 g/mol. The predicted molar refractivity (Wildman–Crippen MR) is 124 cm³/mol. The highest BCUT2D eigenvalue weighted by Crippen LogP contribution is 2.40. The van der Waals surface area contributed by atoms with Crippen LogP contribution in [0.15, 0.2) is 18.2 Å². The maximum atomic E-state index is 14.9. The van der Waals surface area contributed by atoms with Gasteiger partial charge in [0, 0.05) is 29.2 Å². The van der Waals surface area contributed by atoms with Crippen LogP contribution in [-0.2, 0) is 27.5 Å². The Bertz CT molecular complexity index is 1280. The van der Waals surface area contributed by atoms with Gasteiger partial charge in [0.05, 0.1) is 34.9 Å². The van der Waals surface area contributed by atoms with E-state index in [1.165, 1.54) is 6.07 Å². The summed E-state index contributed by atoms with van der Waals surface area (Å²) in [6, 6.07) is 3.02. The van der Waals surface area contributed by atoms with Crippen molar-refractivity contribution in [2.75, 3.05) is 11.5 Å². The van der Waals surface area contributed by atoms with Crippen molar-refractivity contribution >= 4 is 15.7 Å². The van der Waals surface area contributed by atoms with Crippen molar-refractivity contribution in [1.29, 1.82) is 0 Å². The fourth-order valence-corrected chi connectivity index (χ4v) is 7.82. The summed E-state index contributed by atoms with van der Waals surface area (Å²) in [5.41, 5.74) is 0.928. The lowest BCUT2D eigenvalue weighted by Gasteiger charge is -2.39. The number of aliphatic hydroxyl groups is 1. The normalized spacial score (nSPS) is 26.3. The van der Waals surface area contributed by atoms with Crippen molar-refractivity contribution in [3.63, 3.8) is 0 Å². The number of nitrogens with one attached hydrogen (secondary N) is 1. The summed E-state index contributed by atoms with van der Waals surface area (Å²) >= 11 is 0. The number of hydrogen-bond acceptors (Lipinski definition) is 6. The molecule has 2 aromatic rings. The molecule has 36 heavy (non-hydrogen) atoms. The van der Waals surface area contributed by atoms with Crippen LogP contribution in [0, 0.1) is 11.7 Å². The minimum Gasteiger partial charge on any atom is -0.435 e. The fraction of sp³-hybridized carbons (Fsp3) is 0.583. The number of alkyl halides is 2. The number of ether oxygens (including phenoxy) is 1. The van der Waals surface area contributed by atoms with Crippen LogP contribution in [-0.4, -0.2) is 59.0 Å². The second kappa shape index (κ2) is 9.05. The van der Waals surface area contributed by atoms with Gasteiger partial charge in [-0.2, -0.15) is 13.9 Å². The number of sulfone groups is 1. The van der Waals surface area contributed by atoms with Gasteiger partial charge in [-0.25, -0.2) is 12.8 Å². The van der Waals surface area contributed by atoms with Crippen LogP contribution in [0.3, 0.4) is 0 Å². The topological polar surface area (TPSA) is 111 Å². The van der Waals surface area contributed by atoms with E-state index in [0.717, 1.165) is 18.6 Å². The molecular weight excluding hydrogens is 499 g/mol. The van der Waals surface area contributed by atoms with Gasteiger partial charge < -0.3 is 15.2 Å². The number of aliphatic hydroxyl groups excluding tert-OH is 1. The summed E-state index contributed by atoms with van der Waals surface area (Å²) in [6.07, 6.45) is 2.51. The number of nitrogens with zero attached hydrogens (tertiary/aromatic N) is 2. The van der Waals surface area contributed by atoms with Gasteiger partial charge in [0.15, 0.2) is 9.84 Å². The zero-order chi connectivity index (χ0) is 25.8. The molecule has 8 nitrogen and oxygen atoms in total. The lowest BCUT2D eigenvalue weighted by molar-refractivity contribution is -0.126. The Morgan fingerprint density at radius 3 is 2.67 bits per heavy atom. The molecule has 2 N–H and O–H groups in total. The van der Waals surface area contributed by atoms with Crippen molar-refractivity contribution in [3.8, 4) is 17.0 Å². The average molecular weight is 528 g/mol. The molecule has 0 spiro atoms. The van der Waals surface area contributed by atoms with Gasteiger partial charge in [-0.15, -0.1) is 0 Å². The van der Waals surface area contributed by atoms with Crippen molar-refractivity contribution in [3.05, 3.63) is 35.3 Å². The summed E-state index contributed by atoms with van der Waals surface area (Å²) in [5.74, 6) is -1.74. The molecule has 1 aliphatic heterocycles. The number of benzene rings is 1. The van der Waals surface area contributed by atoms with E-state index in [4.69, 9.17) is 0 Å². The molecule has 12 heteroatoms.